The Labute approximate surface area is 214 Å². The van der Waals surface area contributed by atoms with Crippen LogP contribution in [0.25, 0.3) is 0 Å². The lowest BCUT2D eigenvalue weighted by Gasteiger charge is -2.38. The molecule has 0 bridgehead atoms. The highest BCUT2D eigenvalue weighted by molar-refractivity contribution is 5.93. The van der Waals surface area contributed by atoms with Gasteiger partial charge in [-0.25, -0.2) is 9.97 Å². The summed E-state index contributed by atoms with van der Waals surface area (Å²) < 4.78 is 50.6. The van der Waals surface area contributed by atoms with Crippen molar-refractivity contribution in [3.05, 3.63) is 53.0 Å². The van der Waals surface area contributed by atoms with Gasteiger partial charge in [-0.05, 0) is 48.9 Å². The number of ether oxygens (including phenoxy) is 2. The minimum atomic E-state index is -4.38. The molecule has 0 radical (unpaired) electrons. The van der Waals surface area contributed by atoms with Crippen molar-refractivity contribution in [1.29, 1.82) is 0 Å². The third kappa shape index (κ3) is 5.89. The van der Waals surface area contributed by atoms with Crippen molar-refractivity contribution in [3.63, 3.8) is 0 Å². The highest BCUT2D eigenvalue weighted by Crippen LogP contribution is 2.33. The Balaban J connectivity index is 1.20. The van der Waals surface area contributed by atoms with Crippen molar-refractivity contribution >= 4 is 11.7 Å². The third-order valence-electron chi connectivity index (χ3n) is 7.58. The summed E-state index contributed by atoms with van der Waals surface area (Å²) in [4.78, 5) is 25.5. The van der Waals surface area contributed by atoms with Crippen LogP contribution in [0.4, 0.5) is 19.0 Å². The van der Waals surface area contributed by atoms with Gasteiger partial charge in [0.2, 0.25) is 0 Å². The summed E-state index contributed by atoms with van der Waals surface area (Å²) in [5.74, 6) is 0.391. The number of nitrogens with one attached hydrogen (secondary N) is 1. The molecule has 1 amide bonds. The summed E-state index contributed by atoms with van der Waals surface area (Å²) in [6.07, 6.45) is 0.191. The number of anilines is 1. The fraction of sp³-hybridized carbons (Fsp3) is 0.577. The Bertz CT molecular complexity index is 1110. The Morgan fingerprint density at radius 1 is 1.11 bits per heavy atom. The highest BCUT2D eigenvalue weighted by atomic mass is 19.4. The molecule has 5 rings (SSSR count). The molecule has 3 aliphatic rings. The largest absolute Gasteiger partial charge is 0.416 e. The minimum absolute atomic E-state index is 0.0367. The number of likely N-dealkylation sites (tertiary alicyclic amines) is 1. The van der Waals surface area contributed by atoms with E-state index in [1.165, 1.54) is 12.4 Å². The van der Waals surface area contributed by atoms with Crippen LogP contribution < -0.4 is 10.2 Å². The molecule has 2 atom stereocenters. The van der Waals surface area contributed by atoms with E-state index in [0.717, 1.165) is 37.5 Å². The van der Waals surface area contributed by atoms with Gasteiger partial charge in [0, 0.05) is 58.0 Å². The van der Waals surface area contributed by atoms with Gasteiger partial charge in [-0.15, -0.1) is 0 Å². The van der Waals surface area contributed by atoms with Gasteiger partial charge in [0.05, 0.1) is 18.3 Å². The first-order valence-electron chi connectivity index (χ1n) is 12.7. The number of fused-ring (bicyclic) bond motifs is 1. The van der Waals surface area contributed by atoms with Crippen LogP contribution in [0.15, 0.2) is 30.6 Å². The lowest BCUT2D eigenvalue weighted by molar-refractivity contribution is -0.137. The lowest BCUT2D eigenvalue weighted by Crippen LogP contribution is -2.54. The molecule has 2 aromatic rings. The quantitative estimate of drug-likeness (QED) is 0.651. The molecule has 200 valence electrons. The van der Waals surface area contributed by atoms with Crippen LogP contribution in [-0.4, -0.2) is 78.9 Å². The van der Waals surface area contributed by atoms with Crippen molar-refractivity contribution in [2.24, 2.45) is 0 Å². The molecule has 1 N–H and O–H groups in total. The summed E-state index contributed by atoms with van der Waals surface area (Å²) in [6, 6.07) is 6.10. The summed E-state index contributed by atoms with van der Waals surface area (Å²) in [7, 11) is 1.70. The summed E-state index contributed by atoms with van der Waals surface area (Å²) >= 11 is 0. The number of benzene rings is 1. The topological polar surface area (TPSA) is 79.8 Å². The second kappa shape index (κ2) is 10.9. The van der Waals surface area contributed by atoms with Crippen molar-refractivity contribution < 1.29 is 27.4 Å². The monoisotopic (exact) mass is 519 g/mol. The van der Waals surface area contributed by atoms with Gasteiger partial charge in [-0.3, -0.25) is 4.79 Å². The number of hydrogen-bond acceptors (Lipinski definition) is 7. The van der Waals surface area contributed by atoms with Gasteiger partial charge in [0.1, 0.15) is 17.8 Å². The molecule has 0 aliphatic carbocycles. The molecule has 2 saturated heterocycles. The molecule has 2 fully saturated rings. The van der Waals surface area contributed by atoms with Crippen LogP contribution in [-0.2, 0) is 28.6 Å². The summed E-state index contributed by atoms with van der Waals surface area (Å²) in [6.45, 7) is 3.46. The van der Waals surface area contributed by atoms with E-state index in [1.54, 1.807) is 19.2 Å². The molecule has 0 spiro atoms. The van der Waals surface area contributed by atoms with Crippen molar-refractivity contribution in [2.75, 3.05) is 44.9 Å². The molecule has 1 aromatic carbocycles. The van der Waals surface area contributed by atoms with Crippen molar-refractivity contribution in [1.82, 2.24) is 20.2 Å². The number of carbonyl (C=O) groups excluding carboxylic acids is 1. The van der Waals surface area contributed by atoms with Gasteiger partial charge in [-0.2, -0.15) is 13.2 Å². The average Bonchev–Trinajstić information content (AvgIpc) is 2.92. The SMILES string of the molecule is CO[C@@H]1COCC[C@@H]1NC1CCN(C(=O)c2cc(N3CCc4ccc(C(F)(F)F)cc4C3)ncn2)CC1. The summed E-state index contributed by atoms with van der Waals surface area (Å²) in [5.41, 5.74) is 1.18. The van der Waals surface area contributed by atoms with E-state index >= 15 is 0 Å². The van der Waals surface area contributed by atoms with Gasteiger partial charge < -0.3 is 24.6 Å². The maximum absolute atomic E-state index is 13.2. The van der Waals surface area contributed by atoms with Gasteiger partial charge >= 0.3 is 6.18 Å². The van der Waals surface area contributed by atoms with Crippen LogP contribution in [0.5, 0.6) is 0 Å². The molecule has 3 aliphatic heterocycles. The van der Waals surface area contributed by atoms with E-state index in [0.29, 0.717) is 62.3 Å². The van der Waals surface area contributed by atoms with Gasteiger partial charge in [0.15, 0.2) is 0 Å². The molecule has 37 heavy (non-hydrogen) atoms. The van der Waals surface area contributed by atoms with E-state index in [1.807, 2.05) is 9.80 Å². The van der Waals surface area contributed by atoms with E-state index < -0.39 is 11.7 Å². The maximum Gasteiger partial charge on any atom is 0.416 e. The maximum atomic E-state index is 13.2. The van der Waals surface area contributed by atoms with Crippen LogP contribution in [0.3, 0.4) is 0 Å². The predicted molar refractivity (Wildman–Crippen MR) is 130 cm³/mol. The number of hydrogen-bond donors (Lipinski definition) is 1. The molecule has 4 heterocycles. The number of halogens is 3. The fourth-order valence-electron chi connectivity index (χ4n) is 5.41. The van der Waals surface area contributed by atoms with E-state index in [9.17, 15) is 18.0 Å². The first-order chi connectivity index (χ1) is 17.8. The Morgan fingerprint density at radius 2 is 1.92 bits per heavy atom. The lowest BCUT2D eigenvalue weighted by atomic mass is 9.97. The minimum Gasteiger partial charge on any atom is -0.379 e. The average molecular weight is 520 g/mol. The molecule has 0 unspecified atom stereocenters. The van der Waals surface area contributed by atoms with E-state index in [-0.39, 0.29) is 18.1 Å². The zero-order chi connectivity index (χ0) is 26.0. The Hall–Kier alpha value is -2.76. The molecule has 0 saturated carbocycles. The molecular weight excluding hydrogens is 487 g/mol. The fourth-order valence-corrected chi connectivity index (χ4v) is 5.41. The number of nitrogens with zero attached hydrogens (tertiary/aromatic N) is 4. The van der Waals surface area contributed by atoms with Gasteiger partial charge in [0.25, 0.3) is 5.91 Å². The molecule has 11 heteroatoms. The number of amides is 1. The number of alkyl halides is 3. The normalized spacial score (nSPS) is 23.1. The number of piperidine rings is 1. The second-order valence-electron chi connectivity index (χ2n) is 9.89. The second-order valence-corrected chi connectivity index (χ2v) is 9.89. The zero-order valence-electron chi connectivity index (χ0n) is 20.8. The number of carbonyl (C=O) groups is 1. The number of aromatic nitrogens is 2. The number of rotatable bonds is 5. The number of methoxy groups -OCH3 is 1. The highest BCUT2D eigenvalue weighted by Gasteiger charge is 2.33. The Morgan fingerprint density at radius 3 is 2.68 bits per heavy atom. The van der Waals surface area contributed by atoms with Gasteiger partial charge in [-0.1, -0.05) is 6.07 Å². The van der Waals surface area contributed by atoms with Crippen molar-refractivity contribution in [3.8, 4) is 0 Å². The third-order valence-corrected chi connectivity index (χ3v) is 7.58. The molecule has 8 nitrogen and oxygen atoms in total. The summed E-state index contributed by atoms with van der Waals surface area (Å²) in [5, 5.41) is 3.69. The van der Waals surface area contributed by atoms with Crippen LogP contribution in [0, 0.1) is 0 Å². The van der Waals surface area contributed by atoms with Crippen LogP contribution in [0.1, 0.15) is 46.4 Å². The first kappa shape index (κ1) is 25.9. The first-order valence-corrected chi connectivity index (χ1v) is 12.7. The zero-order valence-corrected chi connectivity index (χ0v) is 20.8. The standard InChI is InChI=1S/C26H32F3N5O3/c1-36-23-15-37-11-7-21(23)32-20-5-9-33(10-6-20)25(35)22-13-24(31-16-30-22)34-8-4-17-2-3-19(26(27,28)29)12-18(17)14-34/h2-3,12-13,16,20-21,23,32H,4-11,14-15H2,1H3/t21-,23+/m0/s1. The van der Waals surface area contributed by atoms with E-state index in [2.05, 4.69) is 15.3 Å². The predicted octanol–water partition coefficient (Wildman–Crippen LogP) is 3.06. The Kier molecular flexibility index (Phi) is 7.64. The van der Waals surface area contributed by atoms with E-state index in [4.69, 9.17) is 9.47 Å². The van der Waals surface area contributed by atoms with Crippen molar-refractivity contribution in [2.45, 2.75) is 56.6 Å². The molecular formula is C26H32F3N5O3. The molecule has 1 aromatic heterocycles. The van der Waals surface area contributed by atoms with Crippen LogP contribution in [0.2, 0.25) is 0 Å². The smallest absolute Gasteiger partial charge is 0.379 e. The van der Waals surface area contributed by atoms with Crippen LogP contribution >= 0.6 is 0 Å².